The Hall–Kier alpha value is 0.240. The van der Waals surface area contributed by atoms with Crippen molar-refractivity contribution in [1.29, 1.82) is 0 Å². The molecule has 0 aromatic carbocycles. The summed E-state index contributed by atoms with van der Waals surface area (Å²) in [6.45, 7) is 2.36. The third-order valence-electron chi connectivity index (χ3n) is 1.90. The Morgan fingerprint density at radius 3 is 2.75 bits per heavy atom. The van der Waals surface area contributed by atoms with E-state index in [4.69, 9.17) is 27.9 Å². The van der Waals surface area contributed by atoms with Crippen molar-refractivity contribution >= 4 is 23.2 Å². The molecule has 0 radical (unpaired) electrons. The van der Waals surface area contributed by atoms with Gasteiger partial charge in [-0.2, -0.15) is 0 Å². The van der Waals surface area contributed by atoms with E-state index in [1.54, 1.807) is 0 Å². The minimum Gasteiger partial charge on any atom is -0.381 e. The fraction of sp³-hybridized carbons (Fsp3) is 0.750. The molecule has 1 aliphatic heterocycles. The Balaban J connectivity index is 2.13. The molecule has 1 N–H and O–H groups in total. The molecule has 0 aliphatic carbocycles. The van der Waals surface area contributed by atoms with E-state index in [9.17, 15) is 0 Å². The van der Waals surface area contributed by atoms with Crippen LogP contribution in [0, 0.1) is 0 Å². The number of halogens is 2. The van der Waals surface area contributed by atoms with Crippen molar-refractivity contribution in [1.82, 2.24) is 5.32 Å². The van der Waals surface area contributed by atoms with Gasteiger partial charge in [0.25, 0.3) is 0 Å². The van der Waals surface area contributed by atoms with Gasteiger partial charge in [0, 0.05) is 36.4 Å². The predicted molar refractivity (Wildman–Crippen MR) is 51.6 cm³/mol. The Bertz CT molecular complexity index is 155. The highest BCUT2D eigenvalue weighted by Crippen LogP contribution is 2.08. The van der Waals surface area contributed by atoms with Crippen molar-refractivity contribution in [2.45, 2.75) is 18.9 Å². The standard InChI is InChI=1S/C8H13Cl2NO/c9-5-7(10)6-11-8-1-3-12-4-2-8/h5,8,11H,1-4,6H2. The highest BCUT2D eigenvalue weighted by molar-refractivity contribution is 6.36. The SMILES string of the molecule is ClC=C(Cl)CNC1CCOCC1. The van der Waals surface area contributed by atoms with Crippen LogP contribution in [0.4, 0.5) is 0 Å². The number of ether oxygens (including phenoxy) is 1. The molecule has 0 bridgehead atoms. The van der Waals surface area contributed by atoms with Gasteiger partial charge in [-0.05, 0) is 12.8 Å². The van der Waals surface area contributed by atoms with Crippen LogP contribution in [0.5, 0.6) is 0 Å². The minimum absolute atomic E-state index is 0.532. The summed E-state index contributed by atoms with van der Waals surface area (Å²) in [6, 6.07) is 0.532. The molecular formula is C8H13Cl2NO. The summed E-state index contributed by atoms with van der Waals surface area (Å²) in [5.41, 5.74) is 1.40. The Labute approximate surface area is 82.9 Å². The van der Waals surface area contributed by atoms with Gasteiger partial charge in [-0.15, -0.1) is 0 Å². The summed E-state index contributed by atoms with van der Waals surface area (Å²) in [6.07, 6.45) is 2.12. The Morgan fingerprint density at radius 1 is 1.50 bits per heavy atom. The minimum atomic E-state index is 0.532. The van der Waals surface area contributed by atoms with Crippen LogP contribution in [0.25, 0.3) is 0 Å². The normalized spacial score (nSPS) is 21.3. The van der Waals surface area contributed by atoms with Crippen LogP contribution in [-0.2, 0) is 4.74 Å². The fourth-order valence-electron chi connectivity index (χ4n) is 1.18. The number of hydrogen-bond acceptors (Lipinski definition) is 2. The van der Waals surface area contributed by atoms with Gasteiger partial charge in [0.1, 0.15) is 0 Å². The highest BCUT2D eigenvalue weighted by Gasteiger charge is 2.12. The van der Waals surface area contributed by atoms with Crippen molar-refractivity contribution in [2.24, 2.45) is 0 Å². The topological polar surface area (TPSA) is 21.3 Å². The molecule has 1 rings (SSSR count). The average Bonchev–Trinajstić information content (AvgIpc) is 2.16. The van der Waals surface area contributed by atoms with E-state index in [-0.39, 0.29) is 0 Å². The van der Waals surface area contributed by atoms with Crippen molar-refractivity contribution in [3.8, 4) is 0 Å². The molecule has 1 heterocycles. The van der Waals surface area contributed by atoms with Crippen LogP contribution in [0.1, 0.15) is 12.8 Å². The van der Waals surface area contributed by atoms with E-state index >= 15 is 0 Å². The fourth-order valence-corrected chi connectivity index (χ4v) is 1.34. The van der Waals surface area contributed by atoms with Crippen molar-refractivity contribution in [2.75, 3.05) is 19.8 Å². The predicted octanol–water partition coefficient (Wildman–Crippen LogP) is 2.07. The van der Waals surface area contributed by atoms with Crippen LogP contribution in [0.2, 0.25) is 0 Å². The highest BCUT2D eigenvalue weighted by atomic mass is 35.5. The molecule has 0 amide bonds. The van der Waals surface area contributed by atoms with Gasteiger partial charge in [-0.1, -0.05) is 23.2 Å². The summed E-state index contributed by atoms with van der Waals surface area (Å²) in [5.74, 6) is 0. The molecule has 0 atom stereocenters. The Kier molecular flexibility index (Phi) is 5.00. The summed E-state index contributed by atoms with van der Waals surface area (Å²) in [4.78, 5) is 0. The molecule has 4 heteroatoms. The van der Waals surface area contributed by atoms with E-state index in [0.717, 1.165) is 26.1 Å². The second kappa shape index (κ2) is 5.81. The lowest BCUT2D eigenvalue weighted by molar-refractivity contribution is 0.0789. The lowest BCUT2D eigenvalue weighted by Gasteiger charge is -2.22. The van der Waals surface area contributed by atoms with E-state index in [1.807, 2.05) is 0 Å². The first kappa shape index (κ1) is 10.3. The molecule has 1 fully saturated rings. The largest absolute Gasteiger partial charge is 0.381 e. The molecule has 1 aliphatic rings. The van der Waals surface area contributed by atoms with Gasteiger partial charge in [0.15, 0.2) is 0 Å². The zero-order valence-electron chi connectivity index (χ0n) is 6.85. The smallest absolute Gasteiger partial charge is 0.0480 e. The van der Waals surface area contributed by atoms with E-state index < -0.39 is 0 Å². The molecule has 70 valence electrons. The Morgan fingerprint density at radius 2 is 2.17 bits per heavy atom. The molecular weight excluding hydrogens is 197 g/mol. The van der Waals surface area contributed by atoms with Crippen molar-refractivity contribution in [3.63, 3.8) is 0 Å². The second-order valence-electron chi connectivity index (χ2n) is 2.82. The van der Waals surface area contributed by atoms with Gasteiger partial charge in [-0.3, -0.25) is 0 Å². The lowest BCUT2D eigenvalue weighted by atomic mass is 10.1. The molecule has 12 heavy (non-hydrogen) atoms. The quantitative estimate of drug-likeness (QED) is 0.769. The van der Waals surface area contributed by atoms with Crippen LogP contribution in [0.3, 0.4) is 0 Å². The van der Waals surface area contributed by atoms with Crippen LogP contribution < -0.4 is 5.32 Å². The van der Waals surface area contributed by atoms with Crippen molar-refractivity contribution in [3.05, 3.63) is 10.6 Å². The van der Waals surface area contributed by atoms with Crippen LogP contribution >= 0.6 is 23.2 Å². The molecule has 1 saturated heterocycles. The summed E-state index contributed by atoms with van der Waals surface area (Å²) >= 11 is 11.1. The maximum atomic E-state index is 5.72. The first-order chi connectivity index (χ1) is 5.83. The maximum absolute atomic E-state index is 5.72. The van der Waals surface area contributed by atoms with Gasteiger partial charge >= 0.3 is 0 Å². The zero-order chi connectivity index (χ0) is 8.81. The zero-order valence-corrected chi connectivity index (χ0v) is 8.37. The van der Waals surface area contributed by atoms with Gasteiger partial charge in [0.05, 0.1) is 0 Å². The molecule has 0 aromatic heterocycles. The number of rotatable bonds is 3. The maximum Gasteiger partial charge on any atom is 0.0480 e. The first-order valence-corrected chi connectivity index (χ1v) is 4.90. The lowest BCUT2D eigenvalue weighted by Crippen LogP contribution is -2.35. The molecule has 0 aromatic rings. The van der Waals surface area contributed by atoms with Crippen LogP contribution in [-0.4, -0.2) is 25.8 Å². The van der Waals surface area contributed by atoms with E-state index in [1.165, 1.54) is 5.54 Å². The van der Waals surface area contributed by atoms with Gasteiger partial charge in [0.2, 0.25) is 0 Å². The third-order valence-corrected chi connectivity index (χ3v) is 2.52. The van der Waals surface area contributed by atoms with E-state index in [2.05, 4.69) is 5.32 Å². The third kappa shape index (κ3) is 3.76. The van der Waals surface area contributed by atoms with E-state index in [0.29, 0.717) is 17.6 Å². The summed E-state index contributed by atoms with van der Waals surface area (Å²) in [5, 5.41) is 3.96. The average molecular weight is 210 g/mol. The number of hydrogen-bond donors (Lipinski definition) is 1. The number of nitrogens with one attached hydrogen (secondary N) is 1. The summed E-state index contributed by atoms with van der Waals surface area (Å²) in [7, 11) is 0. The molecule has 0 spiro atoms. The molecule has 2 nitrogen and oxygen atoms in total. The van der Waals surface area contributed by atoms with Gasteiger partial charge in [-0.25, -0.2) is 0 Å². The molecule has 0 saturated carbocycles. The van der Waals surface area contributed by atoms with Crippen molar-refractivity contribution < 1.29 is 4.74 Å². The van der Waals surface area contributed by atoms with Gasteiger partial charge < -0.3 is 10.1 Å². The van der Waals surface area contributed by atoms with Crippen LogP contribution in [0.15, 0.2) is 10.6 Å². The summed E-state index contributed by atoms with van der Waals surface area (Å²) < 4.78 is 5.22. The monoisotopic (exact) mass is 209 g/mol. The second-order valence-corrected chi connectivity index (χ2v) is 3.53. The molecule has 0 unspecified atom stereocenters. The first-order valence-electron chi connectivity index (χ1n) is 4.09.